The third kappa shape index (κ3) is 3.01. The van der Waals surface area contributed by atoms with Crippen LogP contribution in [0, 0.1) is 11.3 Å². The van der Waals surface area contributed by atoms with Gasteiger partial charge in [-0.05, 0) is 45.1 Å². The van der Waals surface area contributed by atoms with Crippen molar-refractivity contribution in [1.82, 2.24) is 4.90 Å². The van der Waals surface area contributed by atoms with Crippen LogP contribution >= 0.6 is 0 Å². The number of nitrogens with zero attached hydrogens (tertiary/aromatic N) is 1. The van der Waals surface area contributed by atoms with E-state index in [0.717, 1.165) is 26.0 Å². The molecular weight excluding hydrogens is 250 g/mol. The highest BCUT2D eigenvalue weighted by molar-refractivity contribution is 5.79. The second-order valence-corrected chi connectivity index (χ2v) is 7.03. The fourth-order valence-electron chi connectivity index (χ4n) is 4.45. The molecule has 1 aliphatic carbocycles. The van der Waals surface area contributed by atoms with Gasteiger partial charge in [0.05, 0.1) is 11.4 Å². The smallest absolute Gasteiger partial charge is 0.0949 e. The van der Waals surface area contributed by atoms with E-state index in [9.17, 15) is 0 Å². The van der Waals surface area contributed by atoms with Crippen LogP contribution in [-0.2, 0) is 4.74 Å². The van der Waals surface area contributed by atoms with Crippen LogP contribution in [0.15, 0.2) is 0 Å². The van der Waals surface area contributed by atoms with E-state index in [1.165, 1.54) is 51.5 Å². The minimum absolute atomic E-state index is 0.185. The second kappa shape index (κ2) is 6.02. The Morgan fingerprint density at radius 3 is 2.70 bits per heavy atom. The lowest BCUT2D eigenvalue weighted by molar-refractivity contribution is -0.126. The van der Waals surface area contributed by atoms with Crippen LogP contribution in [0.4, 0.5) is 0 Å². The molecule has 2 unspecified atom stereocenters. The number of hydrogen-bond acceptors (Lipinski definition) is 3. The fraction of sp³-hybridized carbons (Fsp3) is 0.938. The van der Waals surface area contributed by atoms with Crippen molar-refractivity contribution >= 4 is 5.84 Å². The molecule has 0 bridgehead atoms. The number of piperidine rings is 1. The molecule has 1 spiro atoms. The van der Waals surface area contributed by atoms with Crippen LogP contribution in [0.1, 0.15) is 57.8 Å². The van der Waals surface area contributed by atoms with Crippen molar-refractivity contribution in [1.29, 1.82) is 5.41 Å². The Bertz CT molecular complexity index is 346. The lowest BCUT2D eigenvalue weighted by Crippen LogP contribution is -2.53. The van der Waals surface area contributed by atoms with Crippen molar-refractivity contribution in [3.63, 3.8) is 0 Å². The molecule has 4 heteroatoms. The molecule has 2 heterocycles. The molecule has 0 radical (unpaired) electrons. The van der Waals surface area contributed by atoms with Gasteiger partial charge in [0.25, 0.3) is 0 Å². The molecule has 1 saturated carbocycles. The molecule has 0 aromatic carbocycles. The molecule has 0 amide bonds. The molecular formula is C16H29N3O. The quantitative estimate of drug-likeness (QED) is 0.603. The lowest BCUT2D eigenvalue weighted by atomic mass is 9.77. The minimum Gasteiger partial charge on any atom is -0.387 e. The van der Waals surface area contributed by atoms with E-state index in [-0.39, 0.29) is 11.5 Å². The highest BCUT2D eigenvalue weighted by Gasteiger charge is 2.41. The van der Waals surface area contributed by atoms with E-state index >= 15 is 0 Å². The number of nitrogens with two attached hydrogens (primary N) is 1. The first-order chi connectivity index (χ1) is 9.69. The van der Waals surface area contributed by atoms with Gasteiger partial charge in [0, 0.05) is 25.1 Å². The summed E-state index contributed by atoms with van der Waals surface area (Å²) in [5.74, 6) is 0.669. The zero-order valence-electron chi connectivity index (χ0n) is 12.6. The molecule has 3 fully saturated rings. The Kier molecular flexibility index (Phi) is 4.32. The van der Waals surface area contributed by atoms with Gasteiger partial charge in [-0.2, -0.15) is 0 Å². The molecule has 3 N–H and O–H groups in total. The van der Waals surface area contributed by atoms with Gasteiger partial charge in [-0.3, -0.25) is 10.3 Å². The first-order valence-electron chi connectivity index (χ1n) is 8.40. The van der Waals surface area contributed by atoms with Crippen molar-refractivity contribution in [2.45, 2.75) is 69.4 Å². The number of ether oxygens (including phenoxy) is 1. The lowest BCUT2D eigenvalue weighted by Gasteiger charge is -2.48. The molecule has 4 nitrogen and oxygen atoms in total. The fourth-order valence-corrected chi connectivity index (χ4v) is 4.45. The Morgan fingerprint density at radius 1 is 1.15 bits per heavy atom. The predicted molar refractivity (Wildman–Crippen MR) is 81.0 cm³/mol. The van der Waals surface area contributed by atoms with Gasteiger partial charge in [-0.25, -0.2) is 0 Å². The predicted octanol–water partition coefficient (Wildman–Crippen LogP) is 2.52. The Morgan fingerprint density at radius 2 is 1.95 bits per heavy atom. The molecule has 2 aliphatic heterocycles. The van der Waals surface area contributed by atoms with E-state index < -0.39 is 0 Å². The van der Waals surface area contributed by atoms with Gasteiger partial charge < -0.3 is 10.5 Å². The van der Waals surface area contributed by atoms with Gasteiger partial charge in [0.1, 0.15) is 0 Å². The molecule has 0 aromatic heterocycles. The maximum Gasteiger partial charge on any atom is 0.0949 e. The molecule has 3 rings (SSSR count). The minimum atomic E-state index is 0.185. The van der Waals surface area contributed by atoms with Crippen LogP contribution in [0.5, 0.6) is 0 Å². The van der Waals surface area contributed by atoms with Crippen molar-refractivity contribution in [2.24, 2.45) is 11.7 Å². The van der Waals surface area contributed by atoms with Crippen molar-refractivity contribution in [3.8, 4) is 0 Å². The van der Waals surface area contributed by atoms with Gasteiger partial charge in [-0.15, -0.1) is 0 Å². The third-order valence-electron chi connectivity index (χ3n) is 5.64. The van der Waals surface area contributed by atoms with Gasteiger partial charge in [0.15, 0.2) is 0 Å². The summed E-state index contributed by atoms with van der Waals surface area (Å²) in [5.41, 5.74) is 5.91. The van der Waals surface area contributed by atoms with E-state index in [2.05, 4.69) is 4.90 Å². The van der Waals surface area contributed by atoms with Crippen LogP contribution in [0.2, 0.25) is 0 Å². The van der Waals surface area contributed by atoms with E-state index in [1.54, 1.807) is 0 Å². The van der Waals surface area contributed by atoms with E-state index in [1.807, 2.05) is 0 Å². The van der Waals surface area contributed by atoms with Crippen LogP contribution in [-0.4, -0.2) is 42.1 Å². The summed E-state index contributed by atoms with van der Waals surface area (Å²) in [6.45, 7) is 3.10. The van der Waals surface area contributed by atoms with Crippen molar-refractivity contribution in [3.05, 3.63) is 0 Å². The summed E-state index contributed by atoms with van der Waals surface area (Å²) < 4.78 is 6.21. The summed E-state index contributed by atoms with van der Waals surface area (Å²) in [7, 11) is 0. The number of amidine groups is 1. The van der Waals surface area contributed by atoms with Crippen molar-refractivity contribution in [2.75, 3.05) is 19.7 Å². The Labute approximate surface area is 122 Å². The second-order valence-electron chi connectivity index (χ2n) is 7.03. The average Bonchev–Trinajstić information content (AvgIpc) is 2.48. The topological polar surface area (TPSA) is 62.3 Å². The highest BCUT2D eigenvalue weighted by atomic mass is 16.5. The summed E-state index contributed by atoms with van der Waals surface area (Å²) in [4.78, 5) is 2.61. The largest absolute Gasteiger partial charge is 0.387 e. The molecule has 114 valence electrons. The summed E-state index contributed by atoms with van der Waals surface area (Å²) in [5, 5.41) is 7.71. The summed E-state index contributed by atoms with van der Waals surface area (Å²) >= 11 is 0. The van der Waals surface area contributed by atoms with E-state index in [4.69, 9.17) is 15.9 Å². The Hall–Kier alpha value is -0.610. The zero-order chi connectivity index (χ0) is 14.0. The number of hydrogen-bond donors (Lipinski definition) is 2. The highest BCUT2D eigenvalue weighted by Crippen LogP contribution is 2.40. The van der Waals surface area contributed by atoms with Gasteiger partial charge in [0.2, 0.25) is 0 Å². The van der Waals surface area contributed by atoms with Crippen LogP contribution in [0.25, 0.3) is 0 Å². The maximum absolute atomic E-state index is 7.71. The summed E-state index contributed by atoms with van der Waals surface area (Å²) in [6.07, 6.45) is 11.2. The average molecular weight is 279 g/mol. The molecule has 20 heavy (non-hydrogen) atoms. The SMILES string of the molecule is N=C(N)C1CCCN(C2CCOC3(CCCCC3)C2)C1. The molecule has 0 aromatic rings. The van der Waals surface area contributed by atoms with E-state index in [0.29, 0.717) is 11.9 Å². The summed E-state index contributed by atoms with van der Waals surface area (Å²) in [6, 6.07) is 0.656. The number of nitrogens with one attached hydrogen (secondary N) is 1. The van der Waals surface area contributed by atoms with Crippen LogP contribution < -0.4 is 5.73 Å². The number of likely N-dealkylation sites (tertiary alicyclic amines) is 1. The first kappa shape index (κ1) is 14.3. The molecule has 2 saturated heterocycles. The maximum atomic E-state index is 7.71. The van der Waals surface area contributed by atoms with Crippen molar-refractivity contribution < 1.29 is 4.74 Å². The standard InChI is InChI=1S/C16H29N3O/c17-15(18)13-5-4-9-19(12-13)14-6-10-20-16(11-14)7-2-1-3-8-16/h13-14H,1-12H2,(H3,17,18). The third-order valence-corrected chi connectivity index (χ3v) is 5.64. The first-order valence-corrected chi connectivity index (χ1v) is 8.40. The normalized spacial score (nSPS) is 35.0. The van der Waals surface area contributed by atoms with Gasteiger partial charge in [-0.1, -0.05) is 19.3 Å². The van der Waals surface area contributed by atoms with Crippen LogP contribution in [0.3, 0.4) is 0 Å². The number of rotatable bonds is 2. The molecule has 3 aliphatic rings. The molecule has 2 atom stereocenters. The Balaban J connectivity index is 1.62. The van der Waals surface area contributed by atoms with Gasteiger partial charge >= 0.3 is 0 Å². The monoisotopic (exact) mass is 279 g/mol. The zero-order valence-corrected chi connectivity index (χ0v) is 12.6.